The predicted molar refractivity (Wildman–Crippen MR) is 136 cm³/mol. The Labute approximate surface area is 210 Å². The van der Waals surface area contributed by atoms with Crippen LogP contribution in [0.25, 0.3) is 0 Å². The van der Waals surface area contributed by atoms with Gasteiger partial charge in [-0.05, 0) is 54.7 Å². The van der Waals surface area contributed by atoms with E-state index in [9.17, 15) is 19.2 Å². The zero-order valence-corrected chi connectivity index (χ0v) is 20.5. The van der Waals surface area contributed by atoms with Crippen molar-refractivity contribution in [3.63, 3.8) is 0 Å². The number of carbonyl (C=O) groups excluding carboxylic acids is 4. The molecular weight excluding hydrogens is 456 g/mol. The normalized spacial score (nSPS) is 13.4. The number of rotatable bonds is 8. The number of hydrogen-bond donors (Lipinski definition) is 1. The number of benzene rings is 3. The van der Waals surface area contributed by atoms with Crippen molar-refractivity contribution in [1.82, 2.24) is 4.90 Å². The number of para-hydroxylation sites is 1. The molecule has 4 rings (SSSR count). The van der Waals surface area contributed by atoms with Crippen LogP contribution in [0.1, 0.15) is 74.6 Å². The Morgan fingerprint density at radius 3 is 2.14 bits per heavy atom. The fraction of sp³-hybridized carbons (Fsp3) is 0.241. The molecule has 1 atom stereocenters. The van der Waals surface area contributed by atoms with E-state index >= 15 is 0 Å². The van der Waals surface area contributed by atoms with E-state index in [1.54, 1.807) is 6.92 Å². The minimum Gasteiger partial charge on any atom is -0.452 e. The van der Waals surface area contributed by atoms with Gasteiger partial charge in [0.1, 0.15) is 0 Å². The number of carbonyl (C=O) groups is 4. The molecule has 0 spiro atoms. The lowest BCUT2D eigenvalue weighted by molar-refractivity contribution is -0.119. The van der Waals surface area contributed by atoms with Crippen LogP contribution in [0.3, 0.4) is 0 Å². The second-order valence-electron chi connectivity index (χ2n) is 8.61. The van der Waals surface area contributed by atoms with Gasteiger partial charge < -0.3 is 10.1 Å². The van der Waals surface area contributed by atoms with Gasteiger partial charge >= 0.3 is 5.97 Å². The van der Waals surface area contributed by atoms with Crippen molar-refractivity contribution >= 4 is 29.4 Å². The highest BCUT2D eigenvalue weighted by Gasteiger charge is 2.39. The smallest absolute Gasteiger partial charge is 0.338 e. The van der Waals surface area contributed by atoms with E-state index in [0.717, 1.165) is 35.2 Å². The predicted octanol–water partition coefficient (Wildman–Crippen LogP) is 4.96. The molecule has 0 aromatic heterocycles. The summed E-state index contributed by atoms with van der Waals surface area (Å²) in [6.07, 6.45) is 1.51. The molecule has 0 bridgehead atoms. The van der Waals surface area contributed by atoms with Crippen molar-refractivity contribution in [2.45, 2.75) is 39.7 Å². The first kappa shape index (κ1) is 24.9. The van der Waals surface area contributed by atoms with Gasteiger partial charge in [0.2, 0.25) is 0 Å². The molecule has 3 aromatic carbocycles. The molecule has 1 N–H and O–H groups in total. The van der Waals surface area contributed by atoms with Crippen LogP contribution >= 0.6 is 0 Å². The van der Waals surface area contributed by atoms with E-state index in [0.29, 0.717) is 0 Å². The van der Waals surface area contributed by atoms with Gasteiger partial charge in [0.05, 0.1) is 22.7 Å². The van der Waals surface area contributed by atoms with E-state index in [-0.39, 0.29) is 16.7 Å². The largest absolute Gasteiger partial charge is 0.452 e. The monoisotopic (exact) mass is 484 g/mol. The van der Waals surface area contributed by atoms with E-state index in [1.807, 2.05) is 62.4 Å². The maximum Gasteiger partial charge on any atom is 0.338 e. The van der Waals surface area contributed by atoms with Crippen molar-refractivity contribution in [2.75, 3.05) is 11.9 Å². The second-order valence-corrected chi connectivity index (χ2v) is 8.61. The quantitative estimate of drug-likeness (QED) is 0.360. The molecule has 36 heavy (non-hydrogen) atoms. The molecule has 0 saturated carbocycles. The molecule has 7 nitrogen and oxygen atoms in total. The number of fused-ring (bicyclic) bond motifs is 1. The Balaban J connectivity index is 1.45. The number of imide groups is 1. The molecule has 0 unspecified atom stereocenters. The third kappa shape index (κ3) is 4.77. The van der Waals surface area contributed by atoms with Crippen LogP contribution in [0.2, 0.25) is 0 Å². The van der Waals surface area contributed by atoms with E-state index in [4.69, 9.17) is 4.74 Å². The molecule has 1 aliphatic rings. The van der Waals surface area contributed by atoms with Gasteiger partial charge in [0.25, 0.3) is 17.7 Å². The third-order valence-corrected chi connectivity index (χ3v) is 6.42. The highest BCUT2D eigenvalue weighted by Crippen LogP contribution is 2.32. The fourth-order valence-corrected chi connectivity index (χ4v) is 4.41. The van der Waals surface area contributed by atoms with Crippen LogP contribution in [0.5, 0.6) is 0 Å². The Morgan fingerprint density at radius 2 is 1.50 bits per heavy atom. The van der Waals surface area contributed by atoms with Crippen LogP contribution in [0.15, 0.2) is 66.7 Å². The fourth-order valence-electron chi connectivity index (χ4n) is 4.41. The summed E-state index contributed by atoms with van der Waals surface area (Å²) in [5.74, 6) is -2.08. The highest BCUT2D eigenvalue weighted by atomic mass is 16.5. The van der Waals surface area contributed by atoms with Crippen LogP contribution in [-0.4, -0.2) is 35.2 Å². The second kappa shape index (κ2) is 10.6. The zero-order valence-electron chi connectivity index (χ0n) is 20.5. The zero-order chi connectivity index (χ0) is 25.8. The van der Waals surface area contributed by atoms with Gasteiger partial charge in [-0.15, -0.1) is 0 Å². The summed E-state index contributed by atoms with van der Waals surface area (Å²) in [6.45, 7) is 5.32. The van der Waals surface area contributed by atoms with Crippen molar-refractivity contribution in [3.8, 4) is 0 Å². The Kier molecular flexibility index (Phi) is 7.29. The lowest BCUT2D eigenvalue weighted by Gasteiger charge is -2.22. The van der Waals surface area contributed by atoms with Crippen molar-refractivity contribution in [1.29, 1.82) is 0 Å². The van der Waals surface area contributed by atoms with E-state index < -0.39 is 36.3 Å². The lowest BCUT2D eigenvalue weighted by atomic mass is 10.0. The standard InChI is InChI=1S/C29H28N2O5/c1-4-19-12-9-13-20(5-2)26(19)30-25(32)17-36-29(35)22-14-15-23-24(16-22)28(34)31(27(23)33)18(3)21-10-7-6-8-11-21/h6-16,18H,4-5,17H2,1-3H3,(H,30,32)/t18-/m0/s1. The summed E-state index contributed by atoms with van der Waals surface area (Å²) in [5.41, 5.74) is 4.06. The number of anilines is 1. The number of nitrogens with zero attached hydrogens (tertiary/aromatic N) is 1. The average Bonchev–Trinajstić information content (AvgIpc) is 3.16. The molecule has 0 saturated heterocycles. The number of hydrogen-bond acceptors (Lipinski definition) is 5. The molecule has 0 fully saturated rings. The Bertz CT molecular complexity index is 1310. The molecule has 0 radical (unpaired) electrons. The van der Waals surface area contributed by atoms with E-state index in [1.165, 1.54) is 23.1 Å². The molecule has 3 aromatic rings. The van der Waals surface area contributed by atoms with Gasteiger partial charge in [-0.25, -0.2) is 4.79 Å². The average molecular weight is 485 g/mol. The maximum atomic E-state index is 13.1. The summed E-state index contributed by atoms with van der Waals surface area (Å²) >= 11 is 0. The molecule has 184 valence electrons. The molecular formula is C29H28N2O5. The molecule has 1 aliphatic heterocycles. The first-order valence-electron chi connectivity index (χ1n) is 12.0. The number of esters is 1. The number of ether oxygens (including phenoxy) is 1. The number of aryl methyl sites for hydroxylation is 2. The van der Waals surface area contributed by atoms with Gasteiger partial charge in [0.15, 0.2) is 6.61 Å². The molecule has 7 heteroatoms. The van der Waals surface area contributed by atoms with Gasteiger partial charge in [0, 0.05) is 5.69 Å². The first-order chi connectivity index (χ1) is 17.3. The summed E-state index contributed by atoms with van der Waals surface area (Å²) in [5, 5.41) is 2.85. The van der Waals surface area contributed by atoms with Crippen LogP contribution < -0.4 is 5.32 Å². The van der Waals surface area contributed by atoms with Crippen LogP contribution in [0.4, 0.5) is 5.69 Å². The van der Waals surface area contributed by atoms with Gasteiger partial charge in [-0.3, -0.25) is 19.3 Å². The molecule has 1 heterocycles. The number of amides is 3. The topological polar surface area (TPSA) is 92.8 Å². The Hall–Kier alpha value is -4.26. The maximum absolute atomic E-state index is 13.1. The highest BCUT2D eigenvalue weighted by molar-refractivity contribution is 6.22. The lowest BCUT2D eigenvalue weighted by Crippen LogP contribution is -2.32. The molecule has 0 aliphatic carbocycles. The number of nitrogens with one attached hydrogen (secondary N) is 1. The third-order valence-electron chi connectivity index (χ3n) is 6.42. The summed E-state index contributed by atoms with van der Waals surface area (Å²) in [6, 6.07) is 18.9. The van der Waals surface area contributed by atoms with Gasteiger partial charge in [-0.2, -0.15) is 0 Å². The minimum absolute atomic E-state index is 0.0973. The van der Waals surface area contributed by atoms with Crippen molar-refractivity contribution in [2.24, 2.45) is 0 Å². The van der Waals surface area contributed by atoms with Crippen LogP contribution in [-0.2, 0) is 22.4 Å². The SMILES string of the molecule is CCc1cccc(CC)c1NC(=O)COC(=O)c1ccc2c(c1)C(=O)N([C@@H](C)c1ccccc1)C2=O. The summed E-state index contributed by atoms with van der Waals surface area (Å²) in [7, 11) is 0. The minimum atomic E-state index is -0.748. The summed E-state index contributed by atoms with van der Waals surface area (Å²) in [4.78, 5) is 52.4. The van der Waals surface area contributed by atoms with Crippen molar-refractivity contribution < 1.29 is 23.9 Å². The summed E-state index contributed by atoms with van der Waals surface area (Å²) < 4.78 is 5.21. The first-order valence-corrected chi connectivity index (χ1v) is 12.0. The Morgan fingerprint density at radius 1 is 0.861 bits per heavy atom. The van der Waals surface area contributed by atoms with E-state index in [2.05, 4.69) is 5.32 Å². The van der Waals surface area contributed by atoms with Gasteiger partial charge in [-0.1, -0.05) is 62.4 Å². The molecule has 3 amide bonds. The van der Waals surface area contributed by atoms with Crippen LogP contribution in [0, 0.1) is 0 Å². The van der Waals surface area contributed by atoms with Crippen molar-refractivity contribution in [3.05, 3.63) is 100 Å².